The van der Waals surface area contributed by atoms with Crippen molar-refractivity contribution in [1.82, 2.24) is 4.31 Å². The zero-order valence-electron chi connectivity index (χ0n) is 12.3. The number of hydrogen-bond acceptors (Lipinski definition) is 2. The minimum atomic E-state index is -3.56. The highest BCUT2D eigenvalue weighted by Gasteiger charge is 2.29. The van der Waals surface area contributed by atoms with Gasteiger partial charge in [0.1, 0.15) is 0 Å². The van der Waals surface area contributed by atoms with E-state index in [2.05, 4.69) is 0 Å². The highest BCUT2D eigenvalue weighted by atomic mass is 35.5. The number of sulfonamides is 1. The van der Waals surface area contributed by atoms with Crippen LogP contribution < -0.4 is 0 Å². The molecule has 0 N–H and O–H groups in total. The summed E-state index contributed by atoms with van der Waals surface area (Å²) in [6.45, 7) is 7.91. The molecule has 0 bridgehead atoms. The molecule has 0 saturated heterocycles. The van der Waals surface area contributed by atoms with Crippen LogP contribution in [0.4, 0.5) is 0 Å². The van der Waals surface area contributed by atoms with E-state index in [4.69, 9.17) is 23.2 Å². The van der Waals surface area contributed by atoms with Gasteiger partial charge in [0.2, 0.25) is 10.0 Å². The lowest BCUT2D eigenvalue weighted by Gasteiger charge is -2.27. The summed E-state index contributed by atoms with van der Waals surface area (Å²) in [5.74, 6) is 0.240. The summed E-state index contributed by atoms with van der Waals surface area (Å²) in [5, 5.41) is 0.394. The van der Waals surface area contributed by atoms with Gasteiger partial charge in [-0.15, -0.1) is 11.6 Å². The summed E-state index contributed by atoms with van der Waals surface area (Å²) in [4.78, 5) is 0.253. The van der Waals surface area contributed by atoms with Crippen LogP contribution in [0.3, 0.4) is 0 Å². The van der Waals surface area contributed by atoms with Crippen molar-refractivity contribution < 1.29 is 8.42 Å². The number of halogens is 2. The molecule has 0 spiro atoms. The largest absolute Gasteiger partial charge is 0.243 e. The lowest BCUT2D eigenvalue weighted by atomic mass is 10.1. The zero-order valence-corrected chi connectivity index (χ0v) is 14.6. The third-order valence-corrected chi connectivity index (χ3v) is 6.28. The van der Waals surface area contributed by atoms with E-state index in [9.17, 15) is 8.42 Å². The Hall–Kier alpha value is -0.290. The van der Waals surface area contributed by atoms with Crippen molar-refractivity contribution in [2.75, 3.05) is 6.54 Å². The average Bonchev–Trinajstić information content (AvgIpc) is 2.40. The molecule has 114 valence electrons. The Morgan fingerprint density at radius 1 is 1.30 bits per heavy atom. The van der Waals surface area contributed by atoms with E-state index in [1.165, 1.54) is 10.4 Å². The minimum Gasteiger partial charge on any atom is -0.207 e. The number of benzene rings is 1. The fraction of sp³-hybridized carbons (Fsp3) is 0.571. The Kier molecular flexibility index (Phi) is 6.32. The van der Waals surface area contributed by atoms with E-state index < -0.39 is 10.0 Å². The zero-order chi connectivity index (χ0) is 15.5. The van der Waals surface area contributed by atoms with E-state index in [0.29, 0.717) is 17.1 Å². The number of hydrogen-bond donors (Lipinski definition) is 0. The molecule has 1 rings (SSSR count). The second-order valence-corrected chi connectivity index (χ2v) is 7.35. The third-order valence-electron chi connectivity index (χ3n) is 3.56. The molecule has 1 atom stereocenters. The monoisotopic (exact) mass is 337 g/mol. The third kappa shape index (κ3) is 3.48. The Labute approximate surface area is 131 Å². The quantitative estimate of drug-likeness (QED) is 0.729. The molecular weight excluding hydrogens is 317 g/mol. The maximum absolute atomic E-state index is 12.8. The van der Waals surface area contributed by atoms with Crippen LogP contribution in [0.1, 0.15) is 38.3 Å². The van der Waals surface area contributed by atoms with Gasteiger partial charge in [0.25, 0.3) is 0 Å². The first-order valence-corrected chi connectivity index (χ1v) is 9.01. The van der Waals surface area contributed by atoms with Gasteiger partial charge in [-0.25, -0.2) is 8.42 Å². The van der Waals surface area contributed by atoms with Crippen LogP contribution in [0.2, 0.25) is 5.02 Å². The summed E-state index contributed by atoms with van der Waals surface area (Å²) in [7, 11) is -3.56. The maximum Gasteiger partial charge on any atom is 0.243 e. The van der Waals surface area contributed by atoms with Gasteiger partial charge in [-0.05, 0) is 43.5 Å². The molecule has 0 aliphatic heterocycles. The lowest BCUT2D eigenvalue weighted by Crippen LogP contribution is -2.38. The molecule has 0 aliphatic carbocycles. The second kappa shape index (κ2) is 7.12. The minimum absolute atomic E-state index is 0.0529. The molecule has 0 aliphatic rings. The first-order valence-electron chi connectivity index (χ1n) is 6.66. The van der Waals surface area contributed by atoms with Crippen LogP contribution in [-0.4, -0.2) is 25.3 Å². The smallest absolute Gasteiger partial charge is 0.207 e. The molecule has 1 aromatic rings. The van der Waals surface area contributed by atoms with Crippen molar-refractivity contribution in [3.8, 4) is 0 Å². The molecule has 0 amide bonds. The fourth-order valence-corrected chi connectivity index (χ4v) is 4.76. The fourth-order valence-electron chi connectivity index (χ4n) is 2.16. The van der Waals surface area contributed by atoms with Crippen LogP contribution in [0.5, 0.6) is 0 Å². The van der Waals surface area contributed by atoms with E-state index >= 15 is 0 Å². The summed E-state index contributed by atoms with van der Waals surface area (Å²) in [6.07, 6.45) is 0.759. The van der Waals surface area contributed by atoms with Crippen molar-refractivity contribution in [1.29, 1.82) is 0 Å². The Bertz CT molecular complexity index is 573. The van der Waals surface area contributed by atoms with Gasteiger partial charge in [0.15, 0.2) is 0 Å². The molecule has 3 nitrogen and oxygen atoms in total. The molecule has 0 saturated carbocycles. The molecule has 0 heterocycles. The summed E-state index contributed by atoms with van der Waals surface area (Å²) >= 11 is 11.9. The van der Waals surface area contributed by atoms with Gasteiger partial charge in [-0.2, -0.15) is 4.31 Å². The van der Waals surface area contributed by atoms with Crippen molar-refractivity contribution in [3.63, 3.8) is 0 Å². The topological polar surface area (TPSA) is 37.4 Å². The SMILES string of the molecule is CCC(C)N(CC)S(=O)(=O)c1cc(Cl)cc(CCl)c1C. The van der Waals surface area contributed by atoms with E-state index in [1.807, 2.05) is 20.8 Å². The van der Waals surface area contributed by atoms with E-state index in [1.54, 1.807) is 13.0 Å². The van der Waals surface area contributed by atoms with Gasteiger partial charge < -0.3 is 0 Å². The predicted octanol–water partition coefficient (Wildman–Crippen LogP) is 4.20. The predicted molar refractivity (Wildman–Crippen MR) is 85.1 cm³/mol. The molecule has 6 heteroatoms. The lowest BCUT2D eigenvalue weighted by molar-refractivity contribution is 0.342. The van der Waals surface area contributed by atoms with Gasteiger partial charge in [0, 0.05) is 23.5 Å². The molecule has 0 fully saturated rings. The maximum atomic E-state index is 12.8. The van der Waals surface area contributed by atoms with Crippen molar-refractivity contribution >= 4 is 33.2 Å². The van der Waals surface area contributed by atoms with E-state index in [-0.39, 0.29) is 16.8 Å². The summed E-state index contributed by atoms with van der Waals surface area (Å²) in [5.41, 5.74) is 1.42. The first kappa shape index (κ1) is 17.8. The van der Waals surface area contributed by atoms with Crippen LogP contribution in [0.25, 0.3) is 0 Å². The Morgan fingerprint density at radius 2 is 1.90 bits per heavy atom. The second-order valence-electron chi connectivity index (χ2n) is 4.79. The Morgan fingerprint density at radius 3 is 2.35 bits per heavy atom. The molecule has 0 aromatic heterocycles. The number of rotatable bonds is 6. The van der Waals surface area contributed by atoms with Crippen LogP contribution in [0.15, 0.2) is 17.0 Å². The number of nitrogens with zero attached hydrogens (tertiary/aromatic N) is 1. The standard InChI is InChI=1S/C14H21Cl2NO2S/c1-5-10(3)17(6-2)20(18,19)14-8-13(16)7-12(9-15)11(14)4/h7-8,10H,5-6,9H2,1-4H3. The van der Waals surface area contributed by atoms with Crippen molar-refractivity contribution in [2.45, 2.75) is 50.9 Å². The first-order chi connectivity index (χ1) is 9.29. The molecule has 0 radical (unpaired) electrons. The van der Waals surface area contributed by atoms with Gasteiger partial charge in [-0.1, -0.05) is 25.4 Å². The van der Waals surface area contributed by atoms with Crippen molar-refractivity contribution in [3.05, 3.63) is 28.3 Å². The van der Waals surface area contributed by atoms with Crippen molar-refractivity contribution in [2.24, 2.45) is 0 Å². The number of alkyl halides is 1. The molecule has 1 aromatic carbocycles. The molecule has 1 unspecified atom stereocenters. The summed E-state index contributed by atoms with van der Waals surface area (Å²) < 4.78 is 27.2. The highest BCUT2D eigenvalue weighted by Crippen LogP contribution is 2.29. The van der Waals surface area contributed by atoms with Gasteiger partial charge in [0.05, 0.1) is 4.90 Å². The van der Waals surface area contributed by atoms with Gasteiger partial charge >= 0.3 is 0 Å². The van der Waals surface area contributed by atoms with Gasteiger partial charge in [-0.3, -0.25) is 0 Å². The molecule has 20 heavy (non-hydrogen) atoms. The average molecular weight is 338 g/mol. The van der Waals surface area contributed by atoms with Crippen LogP contribution >= 0.6 is 23.2 Å². The van der Waals surface area contributed by atoms with Crippen LogP contribution in [-0.2, 0) is 15.9 Å². The Balaban J connectivity index is 3.45. The molecular formula is C14H21Cl2NO2S. The van der Waals surface area contributed by atoms with E-state index in [0.717, 1.165) is 12.0 Å². The summed E-state index contributed by atoms with van der Waals surface area (Å²) in [6, 6.07) is 3.17. The van der Waals surface area contributed by atoms with Crippen LogP contribution in [0, 0.1) is 6.92 Å². The normalized spacial score (nSPS) is 13.8. The highest BCUT2D eigenvalue weighted by molar-refractivity contribution is 7.89.